The van der Waals surface area contributed by atoms with Gasteiger partial charge in [0, 0.05) is 18.7 Å². The number of anilines is 1. The lowest BCUT2D eigenvalue weighted by Gasteiger charge is -2.29. The van der Waals surface area contributed by atoms with Crippen LogP contribution in [0.3, 0.4) is 0 Å². The summed E-state index contributed by atoms with van der Waals surface area (Å²) in [7, 11) is 0. The minimum atomic E-state index is -0.402. The van der Waals surface area contributed by atoms with Crippen molar-refractivity contribution in [2.45, 2.75) is 0 Å². The summed E-state index contributed by atoms with van der Waals surface area (Å²) in [5.41, 5.74) is 1.59. The molecule has 1 saturated heterocycles. The molecule has 2 aromatic rings. The maximum atomic E-state index is 14.3. The molecular weight excluding hydrogens is 309 g/mol. The van der Waals surface area contributed by atoms with Gasteiger partial charge in [-0.3, -0.25) is 4.79 Å². The molecule has 3 rings (SSSR count). The summed E-state index contributed by atoms with van der Waals surface area (Å²) in [5.74, 6) is -0.504. The van der Waals surface area contributed by atoms with Gasteiger partial charge in [-0.1, -0.05) is 18.2 Å². The maximum Gasteiger partial charge on any atom is 0.185 e. The first-order valence-corrected chi connectivity index (χ1v) is 7.77. The van der Waals surface area contributed by atoms with E-state index in [-0.39, 0.29) is 11.5 Å². The Kier molecular flexibility index (Phi) is 4.91. The van der Waals surface area contributed by atoms with E-state index in [9.17, 15) is 14.3 Å². The van der Waals surface area contributed by atoms with Gasteiger partial charge in [0.1, 0.15) is 11.6 Å². The number of rotatable bonds is 4. The second-order valence-corrected chi connectivity index (χ2v) is 5.55. The number of phenolic OH excluding ortho intramolecular Hbond substituents is 1. The molecule has 2 aromatic carbocycles. The fourth-order valence-corrected chi connectivity index (χ4v) is 2.57. The molecule has 24 heavy (non-hydrogen) atoms. The van der Waals surface area contributed by atoms with Crippen molar-refractivity contribution in [2.24, 2.45) is 0 Å². The van der Waals surface area contributed by atoms with Crippen molar-refractivity contribution in [3.63, 3.8) is 0 Å². The predicted octanol–water partition coefficient (Wildman–Crippen LogP) is 3.26. The monoisotopic (exact) mass is 327 g/mol. The van der Waals surface area contributed by atoms with Crippen molar-refractivity contribution >= 4 is 17.5 Å². The lowest BCUT2D eigenvalue weighted by Crippen LogP contribution is -2.36. The maximum absolute atomic E-state index is 14.3. The average Bonchev–Trinajstić information content (AvgIpc) is 2.61. The molecule has 4 nitrogen and oxygen atoms in total. The van der Waals surface area contributed by atoms with Crippen molar-refractivity contribution in [3.8, 4) is 5.75 Å². The topological polar surface area (TPSA) is 49.8 Å². The van der Waals surface area contributed by atoms with Crippen LogP contribution in [0, 0.1) is 5.82 Å². The van der Waals surface area contributed by atoms with Crippen LogP contribution in [0.15, 0.2) is 48.5 Å². The number of nitrogens with zero attached hydrogens (tertiary/aromatic N) is 1. The number of allylic oxidation sites excluding steroid dienone is 1. The highest BCUT2D eigenvalue weighted by molar-refractivity contribution is 6.07. The van der Waals surface area contributed by atoms with Crippen LogP contribution in [0.1, 0.15) is 15.9 Å². The average molecular weight is 327 g/mol. The highest BCUT2D eigenvalue weighted by Crippen LogP contribution is 2.22. The number of carbonyl (C=O) groups excluding carboxylic acids is 1. The van der Waals surface area contributed by atoms with Crippen molar-refractivity contribution < 1.29 is 19.0 Å². The molecule has 0 radical (unpaired) electrons. The van der Waals surface area contributed by atoms with E-state index >= 15 is 0 Å². The molecule has 0 atom stereocenters. The summed E-state index contributed by atoms with van der Waals surface area (Å²) < 4.78 is 19.6. The molecule has 0 unspecified atom stereocenters. The van der Waals surface area contributed by atoms with Crippen LogP contribution in [0.5, 0.6) is 5.75 Å². The first-order chi connectivity index (χ1) is 11.6. The molecule has 1 aliphatic rings. The van der Waals surface area contributed by atoms with Gasteiger partial charge in [0.05, 0.1) is 18.9 Å². The minimum absolute atomic E-state index is 0.166. The molecule has 1 N–H and O–H groups in total. The van der Waals surface area contributed by atoms with Crippen molar-refractivity contribution in [3.05, 3.63) is 65.5 Å². The summed E-state index contributed by atoms with van der Waals surface area (Å²) >= 11 is 0. The van der Waals surface area contributed by atoms with E-state index in [4.69, 9.17) is 4.74 Å². The van der Waals surface area contributed by atoms with Gasteiger partial charge in [-0.05, 0) is 42.0 Å². The Hall–Kier alpha value is -2.66. The van der Waals surface area contributed by atoms with E-state index in [2.05, 4.69) is 0 Å². The second kappa shape index (κ2) is 7.27. The minimum Gasteiger partial charge on any atom is -0.508 e. The Morgan fingerprint density at radius 3 is 2.50 bits per heavy atom. The zero-order chi connectivity index (χ0) is 16.9. The quantitative estimate of drug-likeness (QED) is 0.692. The standard InChI is InChI=1S/C19H18FNO3/c20-17-13-15(4-7-18(17)21-9-11-24-12-10-21)19(23)8-3-14-1-5-16(22)6-2-14/h1-8,13,22H,9-12H2. The lowest BCUT2D eigenvalue weighted by atomic mass is 10.1. The summed E-state index contributed by atoms with van der Waals surface area (Å²) in [4.78, 5) is 14.1. The van der Waals surface area contributed by atoms with Crippen LogP contribution in [-0.4, -0.2) is 37.2 Å². The zero-order valence-electron chi connectivity index (χ0n) is 13.1. The second-order valence-electron chi connectivity index (χ2n) is 5.55. The van der Waals surface area contributed by atoms with Crippen LogP contribution in [0.2, 0.25) is 0 Å². The molecule has 1 heterocycles. The number of phenols is 1. The number of carbonyl (C=O) groups is 1. The Balaban J connectivity index is 1.73. The SMILES string of the molecule is O=C(C=Cc1ccc(O)cc1)c1ccc(N2CCOCC2)c(F)c1. The number of ether oxygens (including phenoxy) is 1. The molecule has 0 aliphatic carbocycles. The number of benzene rings is 2. The first-order valence-electron chi connectivity index (χ1n) is 7.77. The largest absolute Gasteiger partial charge is 0.508 e. The molecule has 1 aliphatic heterocycles. The zero-order valence-corrected chi connectivity index (χ0v) is 13.1. The Morgan fingerprint density at radius 2 is 1.83 bits per heavy atom. The number of halogens is 1. The van der Waals surface area contributed by atoms with E-state index in [0.717, 1.165) is 5.56 Å². The highest BCUT2D eigenvalue weighted by Gasteiger charge is 2.16. The third-order valence-corrected chi connectivity index (χ3v) is 3.90. The number of ketones is 1. The van der Waals surface area contributed by atoms with Crippen molar-refractivity contribution in [1.29, 1.82) is 0 Å². The van der Waals surface area contributed by atoms with Gasteiger partial charge in [0.25, 0.3) is 0 Å². The molecule has 0 spiro atoms. The van der Waals surface area contributed by atoms with E-state index in [1.165, 1.54) is 12.1 Å². The van der Waals surface area contributed by atoms with Gasteiger partial charge >= 0.3 is 0 Å². The van der Waals surface area contributed by atoms with Gasteiger partial charge in [0.15, 0.2) is 5.78 Å². The van der Waals surface area contributed by atoms with Gasteiger partial charge in [-0.2, -0.15) is 0 Å². The van der Waals surface area contributed by atoms with Gasteiger partial charge in [-0.15, -0.1) is 0 Å². The molecule has 0 saturated carbocycles. The third-order valence-electron chi connectivity index (χ3n) is 3.90. The smallest absolute Gasteiger partial charge is 0.185 e. The summed E-state index contributed by atoms with van der Waals surface area (Å²) in [6.07, 6.45) is 3.03. The van der Waals surface area contributed by atoms with Crippen molar-refractivity contribution in [1.82, 2.24) is 0 Å². The normalized spacial score (nSPS) is 15.0. The van der Waals surface area contributed by atoms with Gasteiger partial charge in [0.2, 0.25) is 0 Å². The predicted molar refractivity (Wildman–Crippen MR) is 90.9 cm³/mol. The Morgan fingerprint density at radius 1 is 1.12 bits per heavy atom. The van der Waals surface area contributed by atoms with E-state index in [1.807, 2.05) is 4.90 Å². The molecular formula is C19H18FNO3. The summed E-state index contributed by atoms with van der Waals surface area (Å²) in [5, 5.41) is 9.23. The van der Waals surface area contributed by atoms with Crippen molar-refractivity contribution in [2.75, 3.05) is 31.2 Å². The van der Waals surface area contributed by atoms with E-state index < -0.39 is 5.82 Å². The molecule has 124 valence electrons. The van der Waals surface area contributed by atoms with Crippen LogP contribution < -0.4 is 4.90 Å². The molecule has 1 fully saturated rings. The number of morpholine rings is 1. The van der Waals surface area contributed by atoms with Crippen LogP contribution in [0.4, 0.5) is 10.1 Å². The summed E-state index contributed by atoms with van der Waals surface area (Å²) in [6, 6.07) is 11.0. The fraction of sp³-hybridized carbons (Fsp3) is 0.211. The van der Waals surface area contributed by atoms with Crippen LogP contribution >= 0.6 is 0 Å². The van der Waals surface area contributed by atoms with E-state index in [1.54, 1.807) is 42.5 Å². The number of aromatic hydroxyl groups is 1. The third kappa shape index (κ3) is 3.81. The lowest BCUT2D eigenvalue weighted by molar-refractivity contribution is 0.104. The number of hydrogen-bond acceptors (Lipinski definition) is 4. The first kappa shape index (κ1) is 16.2. The molecule has 0 aromatic heterocycles. The summed E-state index contributed by atoms with van der Waals surface area (Å²) in [6.45, 7) is 2.45. The molecule has 0 amide bonds. The Bertz CT molecular complexity index is 750. The fourth-order valence-electron chi connectivity index (χ4n) is 2.57. The molecule has 5 heteroatoms. The van der Waals surface area contributed by atoms with Gasteiger partial charge in [-0.25, -0.2) is 4.39 Å². The number of hydrogen-bond donors (Lipinski definition) is 1. The van der Waals surface area contributed by atoms with Crippen LogP contribution in [-0.2, 0) is 4.74 Å². The van der Waals surface area contributed by atoms with E-state index in [0.29, 0.717) is 37.6 Å². The molecule has 0 bridgehead atoms. The Labute approximate surface area is 139 Å². The van der Waals surface area contributed by atoms with Crippen LogP contribution in [0.25, 0.3) is 6.08 Å². The highest BCUT2D eigenvalue weighted by atomic mass is 19.1. The van der Waals surface area contributed by atoms with Gasteiger partial charge < -0.3 is 14.7 Å².